The minimum atomic E-state index is -3.90. The summed E-state index contributed by atoms with van der Waals surface area (Å²) < 4.78 is 56.3. The summed E-state index contributed by atoms with van der Waals surface area (Å²) >= 11 is 0. The van der Waals surface area contributed by atoms with Crippen molar-refractivity contribution < 1.29 is 21.9 Å². The van der Waals surface area contributed by atoms with E-state index in [4.69, 9.17) is 0 Å². The molecule has 2 rings (SSSR count). The zero-order chi connectivity index (χ0) is 15.5. The van der Waals surface area contributed by atoms with Crippen LogP contribution in [-0.2, 0) is 10.0 Å². The molecule has 0 aromatic heterocycles. The molecule has 0 amide bonds. The van der Waals surface area contributed by atoms with Crippen LogP contribution in [0.1, 0.15) is 19.8 Å². The summed E-state index contributed by atoms with van der Waals surface area (Å²) in [6.45, 7) is -0.391. The van der Waals surface area contributed by atoms with Gasteiger partial charge in [-0.15, -0.1) is 0 Å². The van der Waals surface area contributed by atoms with E-state index in [1.165, 1.54) is 24.3 Å². The molecule has 1 aromatic rings. The second-order valence-corrected chi connectivity index (χ2v) is 6.71. The summed E-state index contributed by atoms with van der Waals surface area (Å²) in [5.74, 6) is -0.345. The van der Waals surface area contributed by atoms with Gasteiger partial charge in [-0.05, 0) is 38.4 Å². The van der Waals surface area contributed by atoms with Gasteiger partial charge in [0.1, 0.15) is 10.6 Å². The highest BCUT2D eigenvalue weighted by Gasteiger charge is 2.27. The van der Waals surface area contributed by atoms with E-state index in [1.807, 2.05) is 6.92 Å². The Morgan fingerprint density at radius 3 is 2.76 bits per heavy atom. The van der Waals surface area contributed by atoms with Crippen molar-refractivity contribution in [2.75, 3.05) is 6.54 Å². The average Bonchev–Trinajstić information content (AvgIpc) is 2.37. The zero-order valence-corrected chi connectivity index (χ0v) is 12.4. The molecule has 8 heteroatoms. The van der Waals surface area contributed by atoms with Crippen LogP contribution in [0, 0.1) is 0 Å². The number of hydrogen-bond donors (Lipinski definition) is 2. The molecule has 1 saturated heterocycles. The van der Waals surface area contributed by atoms with Crippen LogP contribution >= 0.6 is 0 Å². The minimum absolute atomic E-state index is 0.207. The third-order valence-electron chi connectivity index (χ3n) is 3.30. The second kappa shape index (κ2) is 6.67. The summed E-state index contributed by atoms with van der Waals surface area (Å²) in [4.78, 5) is -0.267. The van der Waals surface area contributed by atoms with E-state index in [0.29, 0.717) is 19.4 Å². The molecule has 21 heavy (non-hydrogen) atoms. The molecule has 2 unspecified atom stereocenters. The molecular formula is C13H18F2N2O3S. The standard InChI is InChI=1S/C13H18F2N2O3S/c1-9-8-10(6-7-16-9)17-21(18,19)12-5-3-2-4-11(12)20-13(14)15/h2-5,9-10,13,16-17H,6-8H2,1H3. The van der Waals surface area contributed by atoms with E-state index in [0.717, 1.165) is 0 Å². The van der Waals surface area contributed by atoms with Gasteiger partial charge in [-0.3, -0.25) is 0 Å². The van der Waals surface area contributed by atoms with E-state index >= 15 is 0 Å². The van der Waals surface area contributed by atoms with Crippen LogP contribution in [0.15, 0.2) is 29.2 Å². The van der Waals surface area contributed by atoms with Gasteiger partial charge in [-0.2, -0.15) is 8.78 Å². The normalized spacial score (nSPS) is 23.2. The lowest BCUT2D eigenvalue weighted by Crippen LogP contribution is -2.46. The van der Waals surface area contributed by atoms with Crippen molar-refractivity contribution in [3.05, 3.63) is 24.3 Å². The molecule has 0 saturated carbocycles. The van der Waals surface area contributed by atoms with Gasteiger partial charge in [-0.25, -0.2) is 13.1 Å². The molecule has 0 aliphatic carbocycles. The summed E-state index contributed by atoms with van der Waals surface area (Å²) in [5.41, 5.74) is 0. The summed E-state index contributed by atoms with van der Waals surface area (Å²) in [6.07, 6.45) is 1.30. The van der Waals surface area contributed by atoms with Crippen molar-refractivity contribution in [2.45, 2.75) is 43.4 Å². The van der Waals surface area contributed by atoms with Crippen molar-refractivity contribution in [3.8, 4) is 5.75 Å². The smallest absolute Gasteiger partial charge is 0.387 e. The van der Waals surface area contributed by atoms with E-state index in [2.05, 4.69) is 14.8 Å². The minimum Gasteiger partial charge on any atom is -0.433 e. The summed E-state index contributed by atoms with van der Waals surface area (Å²) in [5, 5.41) is 3.22. The van der Waals surface area contributed by atoms with Gasteiger partial charge in [0.15, 0.2) is 0 Å². The molecule has 1 aromatic carbocycles. The number of ether oxygens (including phenoxy) is 1. The summed E-state index contributed by atoms with van der Waals surface area (Å²) in [7, 11) is -3.90. The monoisotopic (exact) mass is 320 g/mol. The van der Waals surface area contributed by atoms with Gasteiger partial charge in [0, 0.05) is 12.1 Å². The Morgan fingerprint density at radius 2 is 2.10 bits per heavy atom. The fourth-order valence-electron chi connectivity index (χ4n) is 2.39. The molecule has 0 spiro atoms. The first-order chi connectivity index (χ1) is 9.88. The van der Waals surface area contributed by atoms with Crippen LogP contribution in [0.3, 0.4) is 0 Å². The van der Waals surface area contributed by atoms with Crippen LogP contribution in [0.5, 0.6) is 5.75 Å². The van der Waals surface area contributed by atoms with Gasteiger partial charge in [0.2, 0.25) is 10.0 Å². The Labute approximate surface area is 122 Å². The number of para-hydroxylation sites is 1. The first-order valence-corrected chi connectivity index (χ1v) is 8.16. The number of sulfonamides is 1. The van der Waals surface area contributed by atoms with Gasteiger partial charge >= 0.3 is 6.61 Å². The number of alkyl halides is 2. The first kappa shape index (κ1) is 16.1. The third kappa shape index (κ3) is 4.36. The van der Waals surface area contributed by atoms with Crippen molar-refractivity contribution in [1.82, 2.24) is 10.0 Å². The highest BCUT2D eigenvalue weighted by Crippen LogP contribution is 2.25. The average molecular weight is 320 g/mol. The fourth-order valence-corrected chi connectivity index (χ4v) is 3.81. The van der Waals surface area contributed by atoms with Gasteiger partial charge in [-0.1, -0.05) is 12.1 Å². The molecule has 118 valence electrons. The molecule has 1 heterocycles. The highest BCUT2D eigenvalue weighted by atomic mass is 32.2. The van der Waals surface area contributed by atoms with Crippen LogP contribution in [0.4, 0.5) is 8.78 Å². The van der Waals surface area contributed by atoms with Crippen LogP contribution in [0.2, 0.25) is 0 Å². The predicted octanol–water partition coefficient (Wildman–Crippen LogP) is 1.71. The first-order valence-electron chi connectivity index (χ1n) is 6.68. The molecule has 2 N–H and O–H groups in total. The third-order valence-corrected chi connectivity index (χ3v) is 4.86. The number of nitrogens with one attached hydrogen (secondary N) is 2. The molecule has 1 fully saturated rings. The van der Waals surface area contributed by atoms with Crippen LogP contribution < -0.4 is 14.8 Å². The number of benzene rings is 1. The number of rotatable bonds is 5. The van der Waals surface area contributed by atoms with Gasteiger partial charge in [0.25, 0.3) is 0 Å². The van der Waals surface area contributed by atoms with Crippen molar-refractivity contribution in [3.63, 3.8) is 0 Å². The van der Waals surface area contributed by atoms with E-state index in [-0.39, 0.29) is 22.7 Å². The Morgan fingerprint density at radius 1 is 1.38 bits per heavy atom. The molecule has 2 atom stereocenters. The fraction of sp³-hybridized carbons (Fsp3) is 0.538. The number of hydrogen-bond acceptors (Lipinski definition) is 4. The van der Waals surface area contributed by atoms with Crippen molar-refractivity contribution in [1.29, 1.82) is 0 Å². The van der Waals surface area contributed by atoms with Crippen molar-refractivity contribution in [2.24, 2.45) is 0 Å². The van der Waals surface area contributed by atoms with E-state index in [1.54, 1.807) is 0 Å². The topological polar surface area (TPSA) is 67.4 Å². The van der Waals surface area contributed by atoms with Crippen molar-refractivity contribution >= 4 is 10.0 Å². The maximum atomic E-state index is 12.4. The molecule has 1 aliphatic rings. The lowest BCUT2D eigenvalue weighted by molar-refractivity contribution is -0.0517. The zero-order valence-electron chi connectivity index (χ0n) is 11.6. The number of piperidine rings is 1. The van der Waals surface area contributed by atoms with E-state index in [9.17, 15) is 17.2 Å². The molecule has 0 bridgehead atoms. The lowest BCUT2D eigenvalue weighted by atomic mass is 10.0. The Balaban J connectivity index is 2.19. The molecular weight excluding hydrogens is 302 g/mol. The quantitative estimate of drug-likeness (QED) is 0.867. The van der Waals surface area contributed by atoms with Crippen LogP contribution in [0.25, 0.3) is 0 Å². The van der Waals surface area contributed by atoms with Gasteiger partial charge < -0.3 is 10.1 Å². The Kier molecular flexibility index (Phi) is 5.13. The summed E-state index contributed by atoms with van der Waals surface area (Å²) in [6, 6.07) is 5.38. The lowest BCUT2D eigenvalue weighted by Gasteiger charge is -2.28. The Bertz CT molecular complexity index is 581. The maximum Gasteiger partial charge on any atom is 0.387 e. The largest absolute Gasteiger partial charge is 0.433 e. The Hall–Kier alpha value is -1.25. The molecule has 0 radical (unpaired) electrons. The number of halogens is 2. The SMILES string of the molecule is CC1CC(NS(=O)(=O)c2ccccc2OC(F)F)CCN1. The predicted molar refractivity (Wildman–Crippen MR) is 73.9 cm³/mol. The molecule has 1 aliphatic heterocycles. The second-order valence-electron chi connectivity index (χ2n) is 5.02. The molecule has 5 nitrogen and oxygen atoms in total. The van der Waals surface area contributed by atoms with Crippen LogP contribution in [-0.4, -0.2) is 33.7 Å². The highest BCUT2D eigenvalue weighted by molar-refractivity contribution is 7.89. The van der Waals surface area contributed by atoms with E-state index < -0.39 is 16.6 Å². The maximum absolute atomic E-state index is 12.4. The van der Waals surface area contributed by atoms with Gasteiger partial charge in [0.05, 0.1) is 0 Å².